The Kier molecular flexibility index (Phi) is 6.63. The molecule has 5 rings (SSSR count). The molecular weight excluding hydrogens is 468 g/mol. The summed E-state index contributed by atoms with van der Waals surface area (Å²) in [6.07, 6.45) is 3.92. The molecule has 0 saturated heterocycles. The molecular formula is C30H30N2O3S. The first-order valence-corrected chi connectivity index (χ1v) is 13.2. The van der Waals surface area contributed by atoms with Crippen molar-refractivity contribution in [3.63, 3.8) is 0 Å². The van der Waals surface area contributed by atoms with E-state index in [1.807, 2.05) is 30.3 Å². The van der Waals surface area contributed by atoms with Crippen molar-refractivity contribution in [2.45, 2.75) is 46.5 Å². The van der Waals surface area contributed by atoms with Crippen molar-refractivity contribution >= 4 is 39.1 Å². The fraction of sp³-hybridized carbons (Fsp3) is 0.300. The number of aromatic nitrogens is 1. The number of hydrogen-bond acceptors (Lipinski definition) is 5. The van der Waals surface area contributed by atoms with Crippen molar-refractivity contribution in [3.8, 4) is 11.3 Å². The lowest BCUT2D eigenvalue weighted by molar-refractivity contribution is 0.0600. The van der Waals surface area contributed by atoms with Crippen molar-refractivity contribution < 1.29 is 14.3 Å². The molecule has 1 amide bonds. The van der Waals surface area contributed by atoms with Gasteiger partial charge in [0.15, 0.2) is 0 Å². The second-order valence-corrected chi connectivity index (χ2v) is 10.7. The number of aryl methyl sites for hydroxylation is 2. The molecule has 0 unspecified atom stereocenters. The molecule has 1 aliphatic carbocycles. The van der Waals surface area contributed by atoms with Crippen molar-refractivity contribution in [2.75, 3.05) is 12.4 Å². The highest BCUT2D eigenvalue weighted by molar-refractivity contribution is 7.17. The summed E-state index contributed by atoms with van der Waals surface area (Å²) in [6, 6.07) is 15.8. The average molecular weight is 499 g/mol. The Bertz CT molecular complexity index is 1490. The number of pyridine rings is 1. The summed E-state index contributed by atoms with van der Waals surface area (Å²) in [5, 5.41) is 4.42. The van der Waals surface area contributed by atoms with Gasteiger partial charge in [-0.3, -0.25) is 4.79 Å². The van der Waals surface area contributed by atoms with E-state index in [0.717, 1.165) is 59.0 Å². The lowest BCUT2D eigenvalue weighted by atomic mass is 9.85. The smallest absolute Gasteiger partial charge is 0.341 e. The van der Waals surface area contributed by atoms with Crippen LogP contribution in [0.2, 0.25) is 0 Å². The molecule has 0 spiro atoms. The number of anilines is 1. The van der Waals surface area contributed by atoms with Gasteiger partial charge in [0.2, 0.25) is 0 Å². The van der Waals surface area contributed by atoms with Gasteiger partial charge in [0.1, 0.15) is 5.00 Å². The minimum Gasteiger partial charge on any atom is -0.465 e. The predicted octanol–water partition coefficient (Wildman–Crippen LogP) is 7.13. The van der Waals surface area contributed by atoms with E-state index in [-0.39, 0.29) is 5.91 Å². The van der Waals surface area contributed by atoms with Crippen LogP contribution in [0, 0.1) is 19.8 Å². The first-order valence-electron chi connectivity index (χ1n) is 12.4. The number of amides is 1. The van der Waals surface area contributed by atoms with Crippen molar-refractivity contribution in [1.82, 2.24) is 4.98 Å². The van der Waals surface area contributed by atoms with Crippen LogP contribution >= 0.6 is 11.3 Å². The van der Waals surface area contributed by atoms with Crippen molar-refractivity contribution in [3.05, 3.63) is 81.2 Å². The summed E-state index contributed by atoms with van der Waals surface area (Å²) in [4.78, 5) is 32.6. The monoisotopic (exact) mass is 498 g/mol. The summed E-state index contributed by atoms with van der Waals surface area (Å²) in [6.45, 7) is 6.32. The van der Waals surface area contributed by atoms with Crippen LogP contribution in [0.3, 0.4) is 0 Å². The van der Waals surface area contributed by atoms with Gasteiger partial charge in [0, 0.05) is 15.8 Å². The van der Waals surface area contributed by atoms with Crippen LogP contribution in [0.1, 0.15) is 62.0 Å². The molecule has 2 aromatic heterocycles. The van der Waals surface area contributed by atoms with Crippen molar-refractivity contribution in [1.29, 1.82) is 0 Å². The number of nitrogens with zero attached hydrogens (tertiary/aromatic N) is 1. The van der Waals surface area contributed by atoms with Gasteiger partial charge in [-0.2, -0.15) is 0 Å². The van der Waals surface area contributed by atoms with Gasteiger partial charge in [-0.25, -0.2) is 9.78 Å². The SMILES string of the molecule is CC[C@H]1CCc2c(sc(NC(=O)c3cc(-c4ccc(C)cc4C)nc4ccccc34)c2C(=O)OC)C1. The third-order valence-electron chi connectivity index (χ3n) is 7.18. The lowest BCUT2D eigenvalue weighted by Crippen LogP contribution is -2.17. The maximum atomic E-state index is 13.8. The topological polar surface area (TPSA) is 68.3 Å². The van der Waals surface area contributed by atoms with Gasteiger partial charge < -0.3 is 10.1 Å². The summed E-state index contributed by atoms with van der Waals surface area (Å²) < 4.78 is 5.12. The normalized spacial score (nSPS) is 14.9. The van der Waals surface area contributed by atoms with E-state index in [0.29, 0.717) is 22.0 Å². The van der Waals surface area contributed by atoms with Crippen LogP contribution in [0.15, 0.2) is 48.5 Å². The molecule has 0 aliphatic heterocycles. The fourth-order valence-corrected chi connectivity index (χ4v) is 6.53. The molecule has 36 heavy (non-hydrogen) atoms. The third kappa shape index (κ3) is 4.42. The van der Waals surface area contributed by atoms with Crippen LogP contribution < -0.4 is 5.32 Å². The Morgan fingerprint density at radius 3 is 2.69 bits per heavy atom. The van der Waals surface area contributed by atoms with Crippen LogP contribution in [-0.4, -0.2) is 24.0 Å². The zero-order valence-electron chi connectivity index (χ0n) is 21.1. The Hall–Kier alpha value is -3.51. The Labute approximate surface area is 215 Å². The Morgan fingerprint density at radius 2 is 1.94 bits per heavy atom. The van der Waals surface area contributed by atoms with E-state index in [1.165, 1.54) is 28.9 Å². The second-order valence-electron chi connectivity index (χ2n) is 9.56. The van der Waals surface area contributed by atoms with Crippen molar-refractivity contribution in [2.24, 2.45) is 5.92 Å². The summed E-state index contributed by atoms with van der Waals surface area (Å²) in [5.41, 5.74) is 6.85. The average Bonchev–Trinajstić information content (AvgIpc) is 3.24. The highest BCUT2D eigenvalue weighted by Gasteiger charge is 2.30. The molecule has 1 atom stereocenters. The number of fused-ring (bicyclic) bond motifs is 2. The number of carbonyl (C=O) groups excluding carboxylic acids is 2. The molecule has 2 heterocycles. The minimum atomic E-state index is -0.395. The highest BCUT2D eigenvalue weighted by Crippen LogP contribution is 2.41. The van der Waals surface area contributed by atoms with Crippen LogP contribution in [-0.2, 0) is 17.6 Å². The quantitative estimate of drug-likeness (QED) is 0.297. The first kappa shape index (κ1) is 24.2. The molecule has 0 saturated carbocycles. The van der Waals surface area contributed by atoms with Crippen LogP contribution in [0.25, 0.3) is 22.2 Å². The number of benzene rings is 2. The zero-order valence-corrected chi connectivity index (χ0v) is 21.9. The van der Waals surface area contributed by atoms with Crippen LogP contribution in [0.4, 0.5) is 5.00 Å². The molecule has 0 radical (unpaired) electrons. The largest absolute Gasteiger partial charge is 0.465 e. The first-order chi connectivity index (χ1) is 17.4. The summed E-state index contributed by atoms with van der Waals surface area (Å²) in [5.74, 6) is -0.0432. The number of nitrogens with one attached hydrogen (secondary N) is 1. The maximum Gasteiger partial charge on any atom is 0.341 e. The maximum absolute atomic E-state index is 13.8. The van der Waals surface area contributed by atoms with Gasteiger partial charge in [0.05, 0.1) is 29.4 Å². The van der Waals surface area contributed by atoms with Gasteiger partial charge in [-0.15, -0.1) is 11.3 Å². The second kappa shape index (κ2) is 9.86. The number of methoxy groups -OCH3 is 1. The minimum absolute atomic E-state index is 0.254. The van der Waals surface area contributed by atoms with E-state index in [1.54, 1.807) is 0 Å². The number of hydrogen-bond donors (Lipinski definition) is 1. The highest BCUT2D eigenvalue weighted by atomic mass is 32.1. The molecule has 0 bridgehead atoms. The lowest BCUT2D eigenvalue weighted by Gasteiger charge is -2.20. The molecule has 0 fully saturated rings. The number of esters is 1. The molecule has 1 aliphatic rings. The fourth-order valence-electron chi connectivity index (χ4n) is 5.18. The Balaban J connectivity index is 1.59. The third-order valence-corrected chi connectivity index (χ3v) is 8.35. The van der Waals surface area contributed by atoms with E-state index < -0.39 is 5.97 Å². The molecule has 2 aromatic carbocycles. The predicted molar refractivity (Wildman–Crippen MR) is 146 cm³/mol. The molecule has 5 nitrogen and oxygen atoms in total. The van der Waals surface area contributed by atoms with E-state index in [9.17, 15) is 9.59 Å². The molecule has 184 valence electrons. The van der Waals surface area contributed by atoms with E-state index in [4.69, 9.17) is 9.72 Å². The van der Waals surface area contributed by atoms with Gasteiger partial charge in [-0.1, -0.05) is 55.3 Å². The molecule has 6 heteroatoms. The Morgan fingerprint density at radius 1 is 1.14 bits per heavy atom. The molecule has 1 N–H and O–H groups in total. The summed E-state index contributed by atoms with van der Waals surface area (Å²) >= 11 is 1.51. The number of para-hydroxylation sites is 1. The standard InChI is InChI=1S/C30H30N2O3S/c1-5-19-11-13-22-26(15-19)36-29(27(22)30(34)35-4)32-28(33)23-16-25(20-12-10-17(2)14-18(20)3)31-24-9-7-6-8-21(23)24/h6-10,12,14,16,19H,5,11,13,15H2,1-4H3,(H,32,33)/t19-/m0/s1. The van der Waals surface area contributed by atoms with Gasteiger partial charge in [0.25, 0.3) is 5.91 Å². The van der Waals surface area contributed by atoms with Gasteiger partial charge >= 0.3 is 5.97 Å². The van der Waals surface area contributed by atoms with E-state index >= 15 is 0 Å². The number of carbonyl (C=O) groups is 2. The number of rotatable bonds is 5. The van der Waals surface area contributed by atoms with E-state index in [2.05, 4.69) is 44.3 Å². The number of thiophene rings is 1. The molecule has 4 aromatic rings. The summed E-state index contributed by atoms with van der Waals surface area (Å²) in [7, 11) is 1.39. The zero-order chi connectivity index (χ0) is 25.4. The van der Waals surface area contributed by atoms with Crippen LogP contribution in [0.5, 0.6) is 0 Å². The van der Waals surface area contributed by atoms with Gasteiger partial charge in [-0.05, 0) is 62.3 Å². The number of ether oxygens (including phenoxy) is 1.